The molecule has 13 heteroatoms. The number of hydrogen-bond acceptors (Lipinski definition) is 10. The number of rotatable bonds is 10. The molecule has 2 amide bonds. The lowest BCUT2D eigenvalue weighted by Crippen LogP contribution is -2.50. The second-order valence-corrected chi connectivity index (χ2v) is 11.7. The van der Waals surface area contributed by atoms with Gasteiger partial charge in [-0.15, -0.1) is 20.4 Å². The highest BCUT2D eigenvalue weighted by molar-refractivity contribution is 7.15. The van der Waals surface area contributed by atoms with Crippen LogP contribution < -0.4 is 10.6 Å². The van der Waals surface area contributed by atoms with Crippen LogP contribution >= 0.6 is 22.7 Å². The number of anilines is 2. The molecule has 1 aliphatic rings. The van der Waals surface area contributed by atoms with Gasteiger partial charge in [0.1, 0.15) is 15.8 Å². The van der Waals surface area contributed by atoms with Gasteiger partial charge >= 0.3 is 0 Å². The van der Waals surface area contributed by atoms with Crippen LogP contribution in [0.15, 0.2) is 24.3 Å². The van der Waals surface area contributed by atoms with Gasteiger partial charge in [0.15, 0.2) is 5.79 Å². The highest BCUT2D eigenvalue weighted by Crippen LogP contribution is 2.31. The molecule has 0 spiro atoms. The first kappa shape index (κ1) is 34.3. The minimum atomic E-state index is -0.791. The van der Waals surface area contributed by atoms with Crippen molar-refractivity contribution in [1.82, 2.24) is 20.4 Å². The lowest BCUT2D eigenvalue weighted by Gasteiger charge is -2.40. The predicted octanol–water partition coefficient (Wildman–Crippen LogP) is 6.06. The number of amides is 2. The molecule has 1 aromatic carbocycles. The number of nitrogens with zero attached hydrogens (tertiary/aromatic N) is 4. The summed E-state index contributed by atoms with van der Waals surface area (Å²) in [5.74, 6) is -1.54. The van der Waals surface area contributed by atoms with E-state index in [1.54, 1.807) is 19.1 Å². The van der Waals surface area contributed by atoms with E-state index in [4.69, 9.17) is 9.47 Å². The Morgan fingerprint density at radius 1 is 0.878 bits per heavy atom. The fourth-order valence-electron chi connectivity index (χ4n) is 3.49. The average Bonchev–Trinajstić information content (AvgIpc) is 3.60. The largest absolute Gasteiger partial charge is 0.349 e. The van der Waals surface area contributed by atoms with E-state index in [1.165, 1.54) is 34.8 Å². The van der Waals surface area contributed by atoms with Crippen molar-refractivity contribution in [1.29, 1.82) is 0 Å². The SMILES string of the molecule is CC.CC.CC1(C)OCC(C)(C(=O)Nc2nnc(CCCCc3nnc(NC(=O)Cc4cccc(F)c4)s3)s2)CO1. The van der Waals surface area contributed by atoms with Crippen molar-refractivity contribution in [3.8, 4) is 0 Å². The molecule has 2 aromatic heterocycles. The van der Waals surface area contributed by atoms with Gasteiger partial charge in [-0.2, -0.15) is 0 Å². The second kappa shape index (κ2) is 16.5. The molecular weight excluding hydrogens is 567 g/mol. The normalized spacial score (nSPS) is 15.0. The van der Waals surface area contributed by atoms with Crippen molar-refractivity contribution in [2.45, 2.75) is 86.4 Å². The summed E-state index contributed by atoms with van der Waals surface area (Å²) in [7, 11) is 0. The number of carbonyl (C=O) groups excluding carboxylic acids is 2. The molecule has 3 heterocycles. The van der Waals surface area contributed by atoms with Crippen LogP contribution in [0.5, 0.6) is 0 Å². The Balaban J connectivity index is 0.00000141. The molecule has 1 aliphatic heterocycles. The molecule has 2 N–H and O–H groups in total. The lowest BCUT2D eigenvalue weighted by atomic mass is 9.90. The van der Waals surface area contributed by atoms with Gasteiger partial charge in [-0.3, -0.25) is 14.9 Å². The zero-order valence-electron chi connectivity index (χ0n) is 24.9. The van der Waals surface area contributed by atoms with E-state index in [2.05, 4.69) is 31.0 Å². The van der Waals surface area contributed by atoms with Crippen LogP contribution in [0.4, 0.5) is 14.7 Å². The van der Waals surface area contributed by atoms with Crippen molar-refractivity contribution in [3.05, 3.63) is 45.7 Å². The summed E-state index contributed by atoms with van der Waals surface area (Å²) in [6.07, 6.45) is 3.22. The Hall–Kier alpha value is -2.87. The fraction of sp³-hybridized carbons (Fsp3) is 0.571. The predicted molar refractivity (Wildman–Crippen MR) is 161 cm³/mol. The first-order valence-electron chi connectivity index (χ1n) is 13.9. The van der Waals surface area contributed by atoms with Gasteiger partial charge in [-0.1, -0.05) is 62.5 Å². The summed E-state index contributed by atoms with van der Waals surface area (Å²) in [6, 6.07) is 5.94. The number of unbranched alkanes of at least 4 members (excludes halogenated alkanes) is 1. The second-order valence-electron chi connectivity index (χ2n) is 9.56. The number of nitrogens with one attached hydrogen (secondary N) is 2. The summed E-state index contributed by atoms with van der Waals surface area (Å²) in [4.78, 5) is 24.9. The van der Waals surface area contributed by atoms with E-state index in [-0.39, 0.29) is 37.3 Å². The Kier molecular flexibility index (Phi) is 13.9. The summed E-state index contributed by atoms with van der Waals surface area (Å²) < 4.78 is 24.6. The third-order valence-corrected chi connectivity index (χ3v) is 7.51. The molecule has 41 heavy (non-hydrogen) atoms. The van der Waals surface area contributed by atoms with Gasteiger partial charge in [-0.25, -0.2) is 4.39 Å². The maximum absolute atomic E-state index is 13.3. The Bertz CT molecular complexity index is 1240. The third-order valence-electron chi connectivity index (χ3n) is 5.71. The summed E-state index contributed by atoms with van der Waals surface area (Å²) in [6.45, 7) is 14.0. The molecule has 0 atom stereocenters. The van der Waals surface area contributed by atoms with Gasteiger partial charge in [0, 0.05) is 12.8 Å². The van der Waals surface area contributed by atoms with Crippen molar-refractivity contribution in [2.75, 3.05) is 23.8 Å². The van der Waals surface area contributed by atoms with Crippen molar-refractivity contribution < 1.29 is 23.5 Å². The van der Waals surface area contributed by atoms with E-state index in [0.29, 0.717) is 22.2 Å². The molecular formula is C28H41FN6O4S2. The molecule has 0 bridgehead atoms. The highest BCUT2D eigenvalue weighted by atomic mass is 32.1. The van der Waals surface area contributed by atoms with E-state index in [1.807, 2.05) is 41.5 Å². The first-order valence-corrected chi connectivity index (χ1v) is 15.5. The monoisotopic (exact) mass is 608 g/mol. The molecule has 226 valence electrons. The quantitative estimate of drug-likeness (QED) is 0.266. The zero-order valence-corrected chi connectivity index (χ0v) is 26.5. The number of halogens is 1. The number of carbonyl (C=O) groups is 2. The topological polar surface area (TPSA) is 128 Å². The number of aromatic nitrogens is 4. The van der Waals surface area contributed by atoms with Crippen molar-refractivity contribution in [3.63, 3.8) is 0 Å². The number of ether oxygens (including phenoxy) is 2. The van der Waals surface area contributed by atoms with Gasteiger partial charge in [-0.05, 0) is 51.3 Å². The van der Waals surface area contributed by atoms with Crippen molar-refractivity contribution >= 4 is 44.8 Å². The van der Waals surface area contributed by atoms with Crippen molar-refractivity contribution in [2.24, 2.45) is 5.41 Å². The van der Waals surface area contributed by atoms with E-state index >= 15 is 0 Å². The molecule has 0 saturated carbocycles. The van der Waals surface area contributed by atoms with Crippen LogP contribution in [0.2, 0.25) is 0 Å². The number of hydrogen-bond donors (Lipinski definition) is 2. The van der Waals surface area contributed by atoms with Crippen LogP contribution in [0.25, 0.3) is 0 Å². The fourth-order valence-corrected chi connectivity index (χ4v) is 5.06. The third kappa shape index (κ3) is 11.1. The molecule has 0 aliphatic carbocycles. The molecule has 3 aromatic rings. The van der Waals surface area contributed by atoms with Crippen LogP contribution in [-0.4, -0.2) is 51.2 Å². The summed E-state index contributed by atoms with van der Waals surface area (Å²) in [5.41, 5.74) is -0.196. The van der Waals surface area contributed by atoms with Gasteiger partial charge < -0.3 is 14.8 Å². The molecule has 10 nitrogen and oxygen atoms in total. The molecule has 1 fully saturated rings. The molecule has 1 saturated heterocycles. The smallest absolute Gasteiger partial charge is 0.236 e. The molecule has 0 unspecified atom stereocenters. The maximum atomic E-state index is 13.3. The maximum Gasteiger partial charge on any atom is 0.236 e. The number of aryl methyl sites for hydroxylation is 2. The Morgan fingerprint density at radius 3 is 1.95 bits per heavy atom. The average molecular weight is 609 g/mol. The van der Waals surface area contributed by atoms with E-state index in [9.17, 15) is 14.0 Å². The van der Waals surface area contributed by atoms with Gasteiger partial charge in [0.05, 0.1) is 25.0 Å². The first-order chi connectivity index (χ1) is 19.6. The Morgan fingerprint density at radius 2 is 1.41 bits per heavy atom. The minimum Gasteiger partial charge on any atom is -0.349 e. The lowest BCUT2D eigenvalue weighted by molar-refractivity contribution is -0.276. The molecule has 0 radical (unpaired) electrons. The van der Waals surface area contributed by atoms with Crippen LogP contribution in [0.3, 0.4) is 0 Å². The van der Waals surface area contributed by atoms with Crippen LogP contribution in [-0.2, 0) is 38.3 Å². The van der Waals surface area contributed by atoms with Gasteiger partial charge in [0.25, 0.3) is 0 Å². The highest BCUT2D eigenvalue weighted by Gasteiger charge is 2.42. The van der Waals surface area contributed by atoms with E-state index in [0.717, 1.165) is 29.3 Å². The van der Waals surface area contributed by atoms with Crippen LogP contribution in [0.1, 0.15) is 76.9 Å². The standard InChI is InChI=1S/C24H29FN6O4S2.2C2H6/c1-23(2)34-13-24(3,14-35-23)20(33)27-22-31-29-19(37-22)10-5-4-9-18-28-30-21(36-18)26-17(32)12-15-7-6-8-16(25)11-15;2*1-2/h6-8,11H,4-5,9-10,12-14H2,1-3H3,(H,26,30,32)(H,27,31,33);2*1-2H3. The van der Waals surface area contributed by atoms with Crippen LogP contribution in [0, 0.1) is 11.2 Å². The summed E-state index contributed by atoms with van der Waals surface area (Å²) in [5, 5.41) is 24.5. The number of benzene rings is 1. The summed E-state index contributed by atoms with van der Waals surface area (Å²) >= 11 is 2.67. The van der Waals surface area contributed by atoms with Gasteiger partial charge in [0.2, 0.25) is 22.1 Å². The Labute approximate surface area is 249 Å². The zero-order chi connectivity index (χ0) is 30.5. The molecule has 4 rings (SSSR count). The minimum absolute atomic E-state index is 0.0654. The van der Waals surface area contributed by atoms with E-state index < -0.39 is 11.2 Å².